The number of hydrogen-bond donors (Lipinski definition) is 1. The first kappa shape index (κ1) is 17.5. The highest BCUT2D eigenvalue weighted by molar-refractivity contribution is 6.46. The number of ketones is 1. The third kappa shape index (κ3) is 3.26. The van der Waals surface area contributed by atoms with Gasteiger partial charge in [0, 0.05) is 18.7 Å². The Bertz CT molecular complexity index is 870. The van der Waals surface area contributed by atoms with Crippen LogP contribution in [0.15, 0.2) is 66.2 Å². The van der Waals surface area contributed by atoms with Gasteiger partial charge in [-0.2, -0.15) is 0 Å². The molecule has 138 valence electrons. The highest BCUT2D eigenvalue weighted by Gasteiger charge is 2.46. The lowest BCUT2D eigenvalue weighted by Gasteiger charge is -2.27. The van der Waals surface area contributed by atoms with Crippen LogP contribution < -0.4 is 0 Å². The zero-order valence-electron chi connectivity index (χ0n) is 14.9. The van der Waals surface area contributed by atoms with Gasteiger partial charge < -0.3 is 14.7 Å². The van der Waals surface area contributed by atoms with Gasteiger partial charge in [-0.1, -0.05) is 60.7 Å². The summed E-state index contributed by atoms with van der Waals surface area (Å²) in [6, 6.07) is 17.6. The Morgan fingerprint density at radius 2 is 1.70 bits per heavy atom. The van der Waals surface area contributed by atoms with E-state index in [-0.39, 0.29) is 17.4 Å². The minimum Gasteiger partial charge on any atom is -0.507 e. The monoisotopic (exact) mass is 363 g/mol. The number of rotatable bonds is 4. The summed E-state index contributed by atoms with van der Waals surface area (Å²) in [4.78, 5) is 27.2. The summed E-state index contributed by atoms with van der Waals surface area (Å²) in [5, 5.41) is 10.9. The molecule has 1 N–H and O–H groups in total. The molecule has 4 rings (SSSR count). The Morgan fingerprint density at radius 1 is 1.04 bits per heavy atom. The van der Waals surface area contributed by atoms with Gasteiger partial charge >= 0.3 is 0 Å². The van der Waals surface area contributed by atoms with Crippen molar-refractivity contribution in [2.75, 3.05) is 13.2 Å². The highest BCUT2D eigenvalue weighted by Crippen LogP contribution is 2.39. The molecule has 2 atom stereocenters. The Hall–Kier alpha value is -2.92. The molecule has 2 aromatic carbocycles. The van der Waals surface area contributed by atoms with Crippen LogP contribution in [0.2, 0.25) is 0 Å². The smallest absolute Gasteiger partial charge is 0.295 e. The predicted octanol–water partition coefficient (Wildman–Crippen LogP) is 3.29. The van der Waals surface area contributed by atoms with E-state index < -0.39 is 17.7 Å². The van der Waals surface area contributed by atoms with Crippen molar-refractivity contribution < 1.29 is 19.4 Å². The third-order valence-electron chi connectivity index (χ3n) is 5.13. The number of ether oxygens (including phenoxy) is 1. The van der Waals surface area contributed by atoms with Crippen LogP contribution in [0, 0.1) is 0 Å². The van der Waals surface area contributed by atoms with Crippen molar-refractivity contribution in [3.63, 3.8) is 0 Å². The van der Waals surface area contributed by atoms with Gasteiger partial charge in [-0.05, 0) is 18.4 Å². The number of benzene rings is 2. The maximum Gasteiger partial charge on any atom is 0.295 e. The van der Waals surface area contributed by atoms with Gasteiger partial charge in [0.15, 0.2) is 0 Å². The van der Waals surface area contributed by atoms with E-state index in [0.29, 0.717) is 18.7 Å². The Kier molecular flexibility index (Phi) is 4.77. The van der Waals surface area contributed by atoms with Gasteiger partial charge in [-0.15, -0.1) is 0 Å². The van der Waals surface area contributed by atoms with Crippen molar-refractivity contribution >= 4 is 17.4 Å². The van der Waals surface area contributed by atoms with Crippen molar-refractivity contribution in [3.8, 4) is 0 Å². The summed E-state index contributed by atoms with van der Waals surface area (Å²) >= 11 is 0. The van der Waals surface area contributed by atoms with Crippen molar-refractivity contribution in [2.24, 2.45) is 0 Å². The standard InChI is InChI=1S/C22H21NO4/c24-20(16-10-5-2-6-11-16)18-19(15-8-3-1-4-9-15)23(22(26)21(18)25)14-17-12-7-13-27-17/h1-6,8-11,17,19,24H,7,12-14H2/t17-,19+/m1/s1. The second kappa shape index (κ2) is 7.37. The van der Waals surface area contributed by atoms with Gasteiger partial charge in [0.2, 0.25) is 0 Å². The summed E-state index contributed by atoms with van der Waals surface area (Å²) in [6.45, 7) is 1.02. The fraction of sp³-hybridized carbons (Fsp3) is 0.273. The van der Waals surface area contributed by atoms with E-state index in [2.05, 4.69) is 0 Å². The normalized spacial score (nSPS) is 24.5. The SMILES string of the molecule is O=C1C(=O)N(C[C@H]2CCCO2)[C@@H](c2ccccc2)C1=C(O)c1ccccc1. The maximum absolute atomic E-state index is 12.8. The van der Waals surface area contributed by atoms with Crippen LogP contribution in [-0.2, 0) is 14.3 Å². The molecule has 0 saturated carbocycles. The molecular weight excluding hydrogens is 342 g/mol. The largest absolute Gasteiger partial charge is 0.507 e. The number of carbonyl (C=O) groups excluding carboxylic acids is 2. The first-order chi connectivity index (χ1) is 13.2. The maximum atomic E-state index is 12.8. The third-order valence-corrected chi connectivity index (χ3v) is 5.13. The lowest BCUT2D eigenvalue weighted by molar-refractivity contribution is -0.140. The number of hydrogen-bond acceptors (Lipinski definition) is 4. The molecule has 2 aromatic rings. The molecule has 2 aliphatic heterocycles. The fourth-order valence-corrected chi connectivity index (χ4v) is 3.81. The van der Waals surface area contributed by atoms with Crippen LogP contribution in [0.3, 0.4) is 0 Å². The second-order valence-corrected chi connectivity index (χ2v) is 6.86. The van der Waals surface area contributed by atoms with Gasteiger partial charge in [-0.3, -0.25) is 9.59 Å². The van der Waals surface area contributed by atoms with Crippen molar-refractivity contribution in [1.29, 1.82) is 0 Å². The molecule has 0 aliphatic carbocycles. The summed E-state index contributed by atoms with van der Waals surface area (Å²) in [7, 11) is 0. The molecule has 1 amide bonds. The van der Waals surface area contributed by atoms with E-state index in [0.717, 1.165) is 18.4 Å². The van der Waals surface area contributed by atoms with E-state index in [1.54, 1.807) is 29.2 Å². The lowest BCUT2D eigenvalue weighted by atomic mass is 9.95. The van der Waals surface area contributed by atoms with Gasteiger partial charge in [-0.25, -0.2) is 0 Å². The number of aliphatic hydroxyl groups is 1. The van der Waals surface area contributed by atoms with Crippen LogP contribution in [0.5, 0.6) is 0 Å². The van der Waals surface area contributed by atoms with Crippen molar-refractivity contribution in [3.05, 3.63) is 77.4 Å². The van der Waals surface area contributed by atoms with Crippen LogP contribution in [-0.4, -0.2) is 41.0 Å². The van der Waals surface area contributed by atoms with E-state index in [1.165, 1.54) is 0 Å². The quantitative estimate of drug-likeness (QED) is 0.514. The average molecular weight is 363 g/mol. The predicted molar refractivity (Wildman–Crippen MR) is 101 cm³/mol. The van der Waals surface area contributed by atoms with E-state index in [9.17, 15) is 14.7 Å². The number of Topliss-reactive ketones (excluding diaryl/α,β-unsaturated/α-hetero) is 1. The Morgan fingerprint density at radius 3 is 2.33 bits per heavy atom. The molecule has 0 unspecified atom stereocenters. The molecule has 0 radical (unpaired) electrons. The molecule has 2 heterocycles. The molecule has 2 fully saturated rings. The van der Waals surface area contributed by atoms with Gasteiger partial charge in [0.05, 0.1) is 17.7 Å². The fourth-order valence-electron chi connectivity index (χ4n) is 3.81. The molecule has 0 aromatic heterocycles. The summed E-state index contributed by atoms with van der Waals surface area (Å²) in [5.74, 6) is -1.38. The van der Waals surface area contributed by atoms with E-state index in [1.807, 2.05) is 36.4 Å². The zero-order chi connectivity index (χ0) is 18.8. The Balaban J connectivity index is 1.81. The number of amides is 1. The minimum atomic E-state index is -0.650. The molecule has 27 heavy (non-hydrogen) atoms. The second-order valence-electron chi connectivity index (χ2n) is 6.86. The van der Waals surface area contributed by atoms with Crippen molar-refractivity contribution in [2.45, 2.75) is 25.0 Å². The van der Waals surface area contributed by atoms with Crippen LogP contribution in [0.1, 0.15) is 30.0 Å². The first-order valence-electron chi connectivity index (χ1n) is 9.17. The molecule has 5 heteroatoms. The van der Waals surface area contributed by atoms with Crippen LogP contribution >= 0.6 is 0 Å². The first-order valence-corrected chi connectivity index (χ1v) is 9.17. The average Bonchev–Trinajstić information content (AvgIpc) is 3.31. The molecule has 5 nitrogen and oxygen atoms in total. The summed E-state index contributed by atoms with van der Waals surface area (Å²) in [5.41, 5.74) is 1.45. The highest BCUT2D eigenvalue weighted by atomic mass is 16.5. The topological polar surface area (TPSA) is 66.8 Å². The van der Waals surface area contributed by atoms with Crippen LogP contribution in [0.25, 0.3) is 5.76 Å². The molecule has 2 aliphatic rings. The zero-order valence-corrected chi connectivity index (χ0v) is 14.9. The van der Waals surface area contributed by atoms with Crippen LogP contribution in [0.4, 0.5) is 0 Å². The van der Waals surface area contributed by atoms with Gasteiger partial charge in [0.1, 0.15) is 5.76 Å². The summed E-state index contributed by atoms with van der Waals surface area (Å²) < 4.78 is 5.68. The molecule has 0 spiro atoms. The molecule has 0 bridgehead atoms. The van der Waals surface area contributed by atoms with E-state index >= 15 is 0 Å². The molecule has 2 saturated heterocycles. The van der Waals surface area contributed by atoms with E-state index in [4.69, 9.17) is 4.74 Å². The number of carbonyl (C=O) groups is 2. The minimum absolute atomic E-state index is 0.0776. The molecular formula is C22H21NO4. The van der Waals surface area contributed by atoms with Crippen molar-refractivity contribution in [1.82, 2.24) is 4.90 Å². The summed E-state index contributed by atoms with van der Waals surface area (Å²) in [6.07, 6.45) is 1.74. The number of likely N-dealkylation sites (tertiary alicyclic amines) is 1. The lowest BCUT2D eigenvalue weighted by Crippen LogP contribution is -2.36. The number of aliphatic hydroxyl groups excluding tert-OH is 1. The number of nitrogens with zero attached hydrogens (tertiary/aromatic N) is 1. The van der Waals surface area contributed by atoms with Gasteiger partial charge in [0.25, 0.3) is 11.7 Å². The Labute approximate surface area is 157 Å².